The van der Waals surface area contributed by atoms with Crippen molar-refractivity contribution in [2.75, 3.05) is 6.61 Å². The van der Waals surface area contributed by atoms with Gasteiger partial charge in [0.05, 0.1) is 5.02 Å². The molecule has 3 nitrogen and oxygen atoms in total. The minimum Gasteiger partial charge on any atom is -0.429 e. The van der Waals surface area contributed by atoms with Gasteiger partial charge in [0, 0.05) is 0 Å². The molecule has 94 valence electrons. The molecule has 0 aliphatic heterocycles. The molecule has 0 atom stereocenters. The van der Waals surface area contributed by atoms with Crippen LogP contribution < -0.4 is 4.74 Å². The fraction of sp³-hybridized carbons (Fsp3) is 0.300. The van der Waals surface area contributed by atoms with Crippen LogP contribution in [0.1, 0.15) is 5.56 Å². The van der Waals surface area contributed by atoms with Crippen LogP contribution in [0.2, 0.25) is 5.02 Å². The van der Waals surface area contributed by atoms with Gasteiger partial charge in [0.2, 0.25) is 3.79 Å². The molecule has 0 fully saturated rings. The molecule has 0 amide bonds. The fourth-order valence-electron chi connectivity index (χ4n) is 0.949. The summed E-state index contributed by atoms with van der Waals surface area (Å²) in [6, 6.07) is 4.94. The zero-order chi connectivity index (χ0) is 13.1. The minimum atomic E-state index is -1.67. The molecule has 0 bridgehead atoms. The maximum atomic E-state index is 11.2. The summed E-state index contributed by atoms with van der Waals surface area (Å²) in [5.74, 6) is 0.187. The van der Waals surface area contributed by atoms with Crippen molar-refractivity contribution in [1.29, 1.82) is 0 Å². The van der Waals surface area contributed by atoms with E-state index >= 15 is 0 Å². The first-order chi connectivity index (χ1) is 7.78. The van der Waals surface area contributed by atoms with Crippen molar-refractivity contribution in [3.05, 3.63) is 28.8 Å². The van der Waals surface area contributed by atoms with E-state index in [9.17, 15) is 4.79 Å². The van der Waals surface area contributed by atoms with Gasteiger partial charge in [-0.1, -0.05) is 52.5 Å². The highest BCUT2D eigenvalue weighted by Crippen LogP contribution is 2.28. The van der Waals surface area contributed by atoms with Gasteiger partial charge >= 0.3 is 6.16 Å². The second-order valence-electron chi connectivity index (χ2n) is 3.19. The molecule has 1 rings (SSSR count). The van der Waals surface area contributed by atoms with E-state index < -0.39 is 16.6 Å². The standard InChI is InChI=1S/C10H8Cl4O3/c1-6-2-3-8(7(11)4-6)17-9(15)16-5-10(12,13)14/h2-4H,5H2,1H3. The number of ether oxygens (including phenoxy) is 2. The van der Waals surface area contributed by atoms with Crippen LogP contribution in [-0.4, -0.2) is 16.6 Å². The summed E-state index contributed by atoms with van der Waals surface area (Å²) < 4.78 is 7.74. The van der Waals surface area contributed by atoms with Crippen molar-refractivity contribution in [2.45, 2.75) is 10.7 Å². The lowest BCUT2D eigenvalue weighted by Gasteiger charge is -2.11. The molecule has 0 aliphatic rings. The summed E-state index contributed by atoms with van der Waals surface area (Å²) >= 11 is 22.1. The molecule has 7 heteroatoms. The van der Waals surface area contributed by atoms with Crippen LogP contribution in [0, 0.1) is 6.92 Å². The number of carbonyl (C=O) groups is 1. The molecule has 0 saturated carbocycles. The van der Waals surface area contributed by atoms with Crippen molar-refractivity contribution in [3.63, 3.8) is 0 Å². The quantitative estimate of drug-likeness (QED) is 0.456. The smallest absolute Gasteiger partial charge is 0.429 e. The van der Waals surface area contributed by atoms with E-state index in [2.05, 4.69) is 4.74 Å². The highest BCUT2D eigenvalue weighted by Gasteiger charge is 2.23. The molecule has 1 aromatic rings. The van der Waals surface area contributed by atoms with E-state index in [0.717, 1.165) is 5.56 Å². The topological polar surface area (TPSA) is 35.5 Å². The summed E-state index contributed by atoms with van der Waals surface area (Å²) in [4.78, 5) is 11.2. The monoisotopic (exact) mass is 316 g/mol. The van der Waals surface area contributed by atoms with Gasteiger partial charge in [-0.3, -0.25) is 0 Å². The summed E-state index contributed by atoms with van der Waals surface area (Å²) in [6.45, 7) is 1.46. The highest BCUT2D eigenvalue weighted by atomic mass is 35.6. The first-order valence-electron chi connectivity index (χ1n) is 4.45. The van der Waals surface area contributed by atoms with Crippen molar-refractivity contribution in [3.8, 4) is 5.75 Å². The molecule has 17 heavy (non-hydrogen) atoms. The van der Waals surface area contributed by atoms with Gasteiger partial charge in [-0.15, -0.1) is 0 Å². The Labute approximate surface area is 118 Å². The number of carbonyl (C=O) groups excluding carboxylic acids is 1. The second-order valence-corrected chi connectivity index (χ2v) is 6.11. The molecule has 0 N–H and O–H groups in total. The van der Waals surface area contributed by atoms with Crippen LogP contribution in [0.25, 0.3) is 0 Å². The van der Waals surface area contributed by atoms with Crippen LogP contribution >= 0.6 is 46.4 Å². The van der Waals surface area contributed by atoms with Crippen molar-refractivity contribution >= 4 is 52.6 Å². The predicted octanol–water partition coefficient (Wildman–Crippen LogP) is 4.53. The number of aryl methyl sites for hydroxylation is 1. The average Bonchev–Trinajstić information content (AvgIpc) is 2.18. The van der Waals surface area contributed by atoms with Crippen molar-refractivity contribution in [1.82, 2.24) is 0 Å². The van der Waals surface area contributed by atoms with Crippen molar-refractivity contribution < 1.29 is 14.3 Å². The molecular formula is C10H8Cl4O3. The first-order valence-corrected chi connectivity index (χ1v) is 5.96. The lowest BCUT2D eigenvalue weighted by Crippen LogP contribution is -2.19. The Bertz CT molecular complexity index is 415. The van der Waals surface area contributed by atoms with Gasteiger partial charge in [-0.2, -0.15) is 0 Å². The van der Waals surface area contributed by atoms with Crippen LogP contribution in [0.15, 0.2) is 18.2 Å². The minimum absolute atomic E-state index is 0.187. The number of alkyl halides is 3. The van der Waals surface area contributed by atoms with E-state index in [-0.39, 0.29) is 5.75 Å². The molecule has 0 unspecified atom stereocenters. The summed E-state index contributed by atoms with van der Waals surface area (Å²) in [6.07, 6.45) is -0.984. The normalized spacial score (nSPS) is 11.1. The molecule has 0 saturated heterocycles. The molecule has 1 aromatic carbocycles. The molecule has 0 radical (unpaired) electrons. The Morgan fingerprint density at radius 3 is 2.53 bits per heavy atom. The third-order valence-electron chi connectivity index (χ3n) is 1.63. The van der Waals surface area contributed by atoms with Gasteiger partial charge in [0.25, 0.3) is 0 Å². The van der Waals surface area contributed by atoms with E-state index in [0.29, 0.717) is 5.02 Å². The number of hydrogen-bond donors (Lipinski definition) is 0. The lowest BCUT2D eigenvalue weighted by molar-refractivity contribution is 0.101. The second kappa shape index (κ2) is 6.01. The van der Waals surface area contributed by atoms with Crippen LogP contribution in [0.3, 0.4) is 0 Å². The third-order valence-corrected chi connectivity index (χ3v) is 2.26. The van der Waals surface area contributed by atoms with Crippen LogP contribution in [-0.2, 0) is 4.74 Å². The van der Waals surface area contributed by atoms with E-state index in [4.69, 9.17) is 51.1 Å². The third kappa shape index (κ3) is 5.68. The highest BCUT2D eigenvalue weighted by molar-refractivity contribution is 6.67. The molecule has 0 aromatic heterocycles. The van der Waals surface area contributed by atoms with Crippen molar-refractivity contribution in [2.24, 2.45) is 0 Å². The maximum absolute atomic E-state index is 11.2. The maximum Gasteiger partial charge on any atom is 0.514 e. The van der Waals surface area contributed by atoms with Gasteiger partial charge < -0.3 is 9.47 Å². The predicted molar refractivity (Wildman–Crippen MR) is 68.5 cm³/mol. The summed E-state index contributed by atoms with van der Waals surface area (Å²) in [5.41, 5.74) is 0.942. The van der Waals surface area contributed by atoms with Crippen LogP contribution in [0.4, 0.5) is 4.79 Å². The SMILES string of the molecule is Cc1ccc(OC(=O)OCC(Cl)(Cl)Cl)c(Cl)c1. The Balaban J connectivity index is 2.57. The average molecular weight is 318 g/mol. The molecule has 0 heterocycles. The number of halogens is 4. The Morgan fingerprint density at radius 2 is 2.00 bits per heavy atom. The zero-order valence-corrected chi connectivity index (χ0v) is 11.7. The van der Waals surface area contributed by atoms with E-state index in [1.807, 2.05) is 6.92 Å². The summed E-state index contributed by atoms with van der Waals surface area (Å²) in [5, 5.41) is 0.302. The molecular weight excluding hydrogens is 310 g/mol. The lowest BCUT2D eigenvalue weighted by atomic mass is 10.2. The zero-order valence-electron chi connectivity index (χ0n) is 8.68. The molecule has 0 aliphatic carbocycles. The number of rotatable bonds is 2. The largest absolute Gasteiger partial charge is 0.514 e. The first kappa shape index (κ1) is 14.7. The number of hydrogen-bond acceptors (Lipinski definition) is 3. The van der Waals surface area contributed by atoms with Gasteiger partial charge in [0.1, 0.15) is 6.61 Å². The van der Waals surface area contributed by atoms with E-state index in [1.54, 1.807) is 18.2 Å². The Hall–Kier alpha value is -0.350. The van der Waals surface area contributed by atoms with E-state index in [1.165, 1.54) is 0 Å². The number of benzene rings is 1. The molecule has 0 spiro atoms. The Kier molecular flexibility index (Phi) is 5.20. The Morgan fingerprint density at radius 1 is 1.35 bits per heavy atom. The summed E-state index contributed by atoms with van der Waals surface area (Å²) in [7, 11) is 0. The fourth-order valence-corrected chi connectivity index (χ4v) is 1.39. The van der Waals surface area contributed by atoms with Gasteiger partial charge in [-0.05, 0) is 24.6 Å². The van der Waals surface area contributed by atoms with Gasteiger partial charge in [0.15, 0.2) is 5.75 Å². The van der Waals surface area contributed by atoms with Gasteiger partial charge in [-0.25, -0.2) is 4.79 Å². The van der Waals surface area contributed by atoms with Crippen LogP contribution in [0.5, 0.6) is 5.75 Å².